The molecule has 1 aliphatic rings. The van der Waals surface area contributed by atoms with E-state index in [1.54, 1.807) is 35.2 Å². The van der Waals surface area contributed by atoms with Gasteiger partial charge >= 0.3 is 0 Å². The van der Waals surface area contributed by atoms with Gasteiger partial charge in [-0.25, -0.2) is 4.39 Å². The average Bonchev–Trinajstić information content (AvgIpc) is 3.22. The van der Waals surface area contributed by atoms with E-state index < -0.39 is 0 Å². The van der Waals surface area contributed by atoms with Crippen LogP contribution in [0.4, 0.5) is 10.1 Å². The van der Waals surface area contributed by atoms with Gasteiger partial charge in [0.1, 0.15) is 17.3 Å². The lowest BCUT2D eigenvalue weighted by molar-refractivity contribution is -0.113. The Balaban J connectivity index is 1.62. The number of para-hydroxylation sites is 1. The molecule has 6 heteroatoms. The Morgan fingerprint density at radius 1 is 1.07 bits per heavy atom. The van der Waals surface area contributed by atoms with Crippen LogP contribution >= 0.6 is 24.0 Å². The van der Waals surface area contributed by atoms with Gasteiger partial charge in [-0.15, -0.1) is 0 Å². The van der Waals surface area contributed by atoms with Crippen molar-refractivity contribution in [2.45, 2.75) is 6.92 Å². The van der Waals surface area contributed by atoms with Gasteiger partial charge in [-0.1, -0.05) is 42.2 Å². The molecule has 1 aromatic heterocycles. The first-order chi connectivity index (χ1) is 13.0. The topological polar surface area (TPSA) is 33.5 Å². The Hall–Kier alpha value is -2.70. The molecule has 2 heterocycles. The number of furan rings is 1. The van der Waals surface area contributed by atoms with Gasteiger partial charge in [0.25, 0.3) is 5.91 Å². The smallest absolute Gasteiger partial charge is 0.270 e. The van der Waals surface area contributed by atoms with Gasteiger partial charge < -0.3 is 4.42 Å². The second-order valence-electron chi connectivity index (χ2n) is 6.01. The highest BCUT2D eigenvalue weighted by Crippen LogP contribution is 2.37. The SMILES string of the molecule is Cc1ccccc1N1C(=O)/C(=C/c2ccc(-c3ccc(F)cc3)o2)SC1=S. The molecule has 27 heavy (non-hydrogen) atoms. The summed E-state index contributed by atoms with van der Waals surface area (Å²) in [6.45, 7) is 1.94. The number of thiocarbonyl (C=S) groups is 1. The van der Waals surface area contributed by atoms with E-state index in [1.807, 2.05) is 31.2 Å². The number of anilines is 1. The standard InChI is InChI=1S/C21H14FNO2S2/c1-13-4-2-3-5-17(13)23-20(24)19(27-21(23)26)12-16-10-11-18(25-16)14-6-8-15(22)9-7-14/h2-12H,1H3/b19-12-. The van der Waals surface area contributed by atoms with E-state index in [0.29, 0.717) is 20.7 Å². The Labute approximate surface area is 165 Å². The summed E-state index contributed by atoms with van der Waals surface area (Å²) in [5.41, 5.74) is 2.53. The number of carbonyl (C=O) groups is 1. The lowest BCUT2D eigenvalue weighted by atomic mass is 10.2. The third-order valence-electron chi connectivity index (χ3n) is 4.18. The summed E-state index contributed by atoms with van der Waals surface area (Å²) in [5, 5.41) is 0. The maximum Gasteiger partial charge on any atom is 0.270 e. The highest BCUT2D eigenvalue weighted by molar-refractivity contribution is 8.27. The van der Waals surface area contributed by atoms with Gasteiger partial charge in [-0.2, -0.15) is 0 Å². The molecule has 0 bridgehead atoms. The number of hydrogen-bond acceptors (Lipinski definition) is 4. The molecular weight excluding hydrogens is 381 g/mol. The molecule has 1 fully saturated rings. The molecule has 1 amide bonds. The largest absolute Gasteiger partial charge is 0.457 e. The van der Waals surface area contributed by atoms with Crippen LogP contribution in [0.2, 0.25) is 0 Å². The monoisotopic (exact) mass is 395 g/mol. The molecule has 0 spiro atoms. The number of halogens is 1. The van der Waals surface area contributed by atoms with E-state index in [4.69, 9.17) is 16.6 Å². The minimum absolute atomic E-state index is 0.168. The molecule has 0 saturated carbocycles. The number of amides is 1. The lowest BCUT2D eigenvalue weighted by Crippen LogP contribution is -2.28. The molecule has 3 nitrogen and oxygen atoms in total. The molecule has 3 aromatic rings. The van der Waals surface area contributed by atoms with E-state index in [9.17, 15) is 9.18 Å². The zero-order valence-electron chi connectivity index (χ0n) is 14.3. The summed E-state index contributed by atoms with van der Waals surface area (Å²) in [7, 11) is 0. The normalized spacial score (nSPS) is 15.8. The molecule has 1 aliphatic heterocycles. The highest BCUT2D eigenvalue weighted by atomic mass is 32.2. The fourth-order valence-electron chi connectivity index (χ4n) is 2.82. The zero-order chi connectivity index (χ0) is 19.0. The number of carbonyl (C=O) groups excluding carboxylic acids is 1. The van der Waals surface area contributed by atoms with Crippen LogP contribution in [0.3, 0.4) is 0 Å². The lowest BCUT2D eigenvalue weighted by Gasteiger charge is -2.16. The van der Waals surface area contributed by atoms with Gasteiger partial charge in [0.15, 0.2) is 4.32 Å². The average molecular weight is 395 g/mol. The fourth-order valence-corrected chi connectivity index (χ4v) is 4.08. The molecule has 0 radical (unpaired) electrons. The van der Waals surface area contributed by atoms with Crippen molar-refractivity contribution in [2.24, 2.45) is 0 Å². The van der Waals surface area contributed by atoms with Crippen molar-refractivity contribution in [2.75, 3.05) is 4.90 Å². The maximum absolute atomic E-state index is 13.1. The van der Waals surface area contributed by atoms with Crippen LogP contribution in [0, 0.1) is 12.7 Å². The third-order valence-corrected chi connectivity index (χ3v) is 5.48. The Morgan fingerprint density at radius 3 is 2.56 bits per heavy atom. The summed E-state index contributed by atoms with van der Waals surface area (Å²) < 4.78 is 19.4. The molecule has 0 unspecified atom stereocenters. The molecule has 0 atom stereocenters. The maximum atomic E-state index is 13.1. The minimum atomic E-state index is -0.301. The first-order valence-corrected chi connectivity index (χ1v) is 9.45. The van der Waals surface area contributed by atoms with Crippen LogP contribution in [0.15, 0.2) is 70.0 Å². The van der Waals surface area contributed by atoms with Crippen molar-refractivity contribution in [3.8, 4) is 11.3 Å². The molecule has 1 saturated heterocycles. The van der Waals surface area contributed by atoms with E-state index in [-0.39, 0.29) is 11.7 Å². The summed E-state index contributed by atoms with van der Waals surface area (Å²) in [4.78, 5) is 14.9. The number of thioether (sulfide) groups is 1. The van der Waals surface area contributed by atoms with Gasteiger partial charge in [-0.05, 0) is 55.0 Å². The predicted octanol–water partition coefficient (Wildman–Crippen LogP) is 5.80. The quantitative estimate of drug-likeness (QED) is 0.415. The van der Waals surface area contributed by atoms with Crippen LogP contribution in [0.5, 0.6) is 0 Å². The van der Waals surface area contributed by atoms with E-state index in [2.05, 4.69) is 0 Å². The van der Waals surface area contributed by atoms with Crippen molar-refractivity contribution < 1.29 is 13.6 Å². The summed E-state index contributed by atoms with van der Waals surface area (Å²) in [6.07, 6.45) is 1.69. The van der Waals surface area contributed by atoms with E-state index >= 15 is 0 Å². The summed E-state index contributed by atoms with van der Waals surface area (Å²) in [6, 6.07) is 17.3. The number of aryl methyl sites for hydroxylation is 1. The zero-order valence-corrected chi connectivity index (χ0v) is 15.9. The first kappa shape index (κ1) is 17.7. The second-order valence-corrected chi connectivity index (χ2v) is 7.69. The van der Waals surface area contributed by atoms with Gasteiger partial charge in [-0.3, -0.25) is 9.69 Å². The van der Waals surface area contributed by atoms with Crippen molar-refractivity contribution >= 4 is 46.0 Å². The minimum Gasteiger partial charge on any atom is -0.457 e. The molecular formula is C21H14FNO2S2. The van der Waals surface area contributed by atoms with Crippen molar-refractivity contribution in [3.63, 3.8) is 0 Å². The fraction of sp³-hybridized carbons (Fsp3) is 0.0476. The van der Waals surface area contributed by atoms with E-state index in [0.717, 1.165) is 16.8 Å². The van der Waals surface area contributed by atoms with Crippen LogP contribution in [-0.4, -0.2) is 10.2 Å². The molecule has 0 aliphatic carbocycles. The van der Waals surface area contributed by atoms with Crippen LogP contribution in [0.25, 0.3) is 17.4 Å². The first-order valence-electron chi connectivity index (χ1n) is 8.22. The molecule has 4 rings (SSSR count). The number of nitrogens with zero attached hydrogens (tertiary/aromatic N) is 1. The van der Waals surface area contributed by atoms with Crippen LogP contribution < -0.4 is 4.90 Å². The predicted molar refractivity (Wildman–Crippen MR) is 111 cm³/mol. The number of benzene rings is 2. The summed E-state index contributed by atoms with van der Waals surface area (Å²) >= 11 is 6.65. The Morgan fingerprint density at radius 2 is 1.81 bits per heavy atom. The van der Waals surface area contributed by atoms with Gasteiger partial charge in [0.05, 0.1) is 10.6 Å². The van der Waals surface area contributed by atoms with Gasteiger partial charge in [0.2, 0.25) is 0 Å². The van der Waals surface area contributed by atoms with Crippen molar-refractivity contribution in [1.29, 1.82) is 0 Å². The van der Waals surface area contributed by atoms with Crippen LogP contribution in [-0.2, 0) is 4.79 Å². The Bertz CT molecular complexity index is 1070. The van der Waals surface area contributed by atoms with Crippen molar-refractivity contribution in [1.82, 2.24) is 0 Å². The molecule has 0 N–H and O–H groups in total. The second kappa shape index (κ2) is 7.13. The van der Waals surface area contributed by atoms with Crippen molar-refractivity contribution in [3.05, 3.63) is 82.7 Å². The third kappa shape index (κ3) is 3.46. The number of hydrogen-bond donors (Lipinski definition) is 0. The Kier molecular flexibility index (Phi) is 4.68. The highest BCUT2D eigenvalue weighted by Gasteiger charge is 2.34. The molecule has 2 aromatic carbocycles. The molecule has 134 valence electrons. The van der Waals surface area contributed by atoms with E-state index in [1.165, 1.54) is 23.9 Å². The van der Waals surface area contributed by atoms with Crippen LogP contribution in [0.1, 0.15) is 11.3 Å². The number of rotatable bonds is 3. The van der Waals surface area contributed by atoms with Gasteiger partial charge in [0, 0.05) is 11.6 Å². The summed E-state index contributed by atoms with van der Waals surface area (Å²) in [5.74, 6) is 0.680.